The fourth-order valence-electron chi connectivity index (χ4n) is 0.592. The predicted octanol–water partition coefficient (Wildman–Crippen LogP) is 0.636. The molecular weight excluding hydrogens is 196 g/mol. The summed E-state index contributed by atoms with van der Waals surface area (Å²) in [5.41, 5.74) is 0. The zero-order valence-corrected chi connectivity index (χ0v) is 8.22. The Morgan fingerprint density at radius 3 is 2.15 bits per heavy atom. The molecule has 0 aromatic heterocycles. The van der Waals surface area contributed by atoms with E-state index in [0.717, 1.165) is 0 Å². The van der Waals surface area contributed by atoms with Crippen LogP contribution >= 0.6 is 11.6 Å². The fraction of sp³-hybridized carbons (Fsp3) is 0.750. The van der Waals surface area contributed by atoms with Crippen molar-refractivity contribution in [2.45, 2.75) is 0 Å². The zero-order chi connectivity index (χ0) is 9.94. The highest BCUT2D eigenvalue weighted by Gasteiger charge is 1.94. The minimum Gasteiger partial charge on any atom is -0.379 e. The number of halogens is 1. The molecule has 0 N–H and O–H groups in total. The molecule has 0 aliphatic carbocycles. The lowest BCUT2D eigenvalue weighted by Gasteiger charge is -2.03. The molecular formula is C8H14ClO4. The average molecular weight is 210 g/mol. The smallest absolute Gasteiger partial charge is 0.247 e. The van der Waals surface area contributed by atoms with Gasteiger partial charge in [-0.05, 0) is 18.5 Å². The molecule has 0 unspecified atom stereocenters. The van der Waals surface area contributed by atoms with Crippen molar-refractivity contribution in [3.05, 3.63) is 6.92 Å². The van der Waals surface area contributed by atoms with Crippen LogP contribution in [0, 0.1) is 6.92 Å². The number of carbonyl (C=O) groups is 1. The second kappa shape index (κ2) is 9.92. The van der Waals surface area contributed by atoms with Gasteiger partial charge in [0.15, 0.2) is 0 Å². The van der Waals surface area contributed by atoms with E-state index in [1.54, 1.807) is 0 Å². The molecule has 5 heteroatoms. The highest BCUT2D eigenvalue weighted by Crippen LogP contribution is 1.84. The zero-order valence-electron chi connectivity index (χ0n) is 7.46. The summed E-state index contributed by atoms with van der Waals surface area (Å²) in [6.45, 7) is 5.71. The summed E-state index contributed by atoms with van der Waals surface area (Å²) in [4.78, 5) is 10.2. The Morgan fingerprint density at radius 2 is 1.62 bits per heavy atom. The van der Waals surface area contributed by atoms with Crippen LogP contribution in [0.5, 0.6) is 0 Å². The van der Waals surface area contributed by atoms with E-state index in [2.05, 4.69) is 6.92 Å². The SMILES string of the molecule is [CH2]COCCOCCOCC(=O)Cl. The third-order valence-electron chi connectivity index (χ3n) is 1.10. The molecule has 4 nitrogen and oxygen atoms in total. The van der Waals surface area contributed by atoms with Gasteiger partial charge in [-0.1, -0.05) is 0 Å². The number of ether oxygens (including phenoxy) is 3. The Morgan fingerprint density at radius 1 is 1.08 bits per heavy atom. The number of carbonyl (C=O) groups excluding carboxylic acids is 1. The molecule has 0 atom stereocenters. The van der Waals surface area contributed by atoms with E-state index in [1.165, 1.54) is 0 Å². The Kier molecular flexibility index (Phi) is 9.80. The summed E-state index contributed by atoms with van der Waals surface area (Å²) in [7, 11) is 0. The van der Waals surface area contributed by atoms with Crippen molar-refractivity contribution in [3.63, 3.8) is 0 Å². The molecule has 1 radical (unpaired) electrons. The van der Waals surface area contributed by atoms with E-state index >= 15 is 0 Å². The van der Waals surface area contributed by atoms with Gasteiger partial charge in [-0.15, -0.1) is 0 Å². The van der Waals surface area contributed by atoms with Gasteiger partial charge in [-0.3, -0.25) is 4.79 Å². The van der Waals surface area contributed by atoms with Crippen LogP contribution in [0.25, 0.3) is 0 Å². The van der Waals surface area contributed by atoms with Gasteiger partial charge in [0.05, 0.1) is 26.4 Å². The van der Waals surface area contributed by atoms with E-state index in [-0.39, 0.29) is 6.61 Å². The molecule has 0 saturated carbocycles. The van der Waals surface area contributed by atoms with E-state index in [0.29, 0.717) is 33.0 Å². The molecule has 0 aliphatic heterocycles. The molecule has 0 aromatic rings. The Bertz CT molecular complexity index is 129. The van der Waals surface area contributed by atoms with Gasteiger partial charge in [0.2, 0.25) is 5.24 Å². The normalized spacial score (nSPS) is 10.3. The lowest BCUT2D eigenvalue weighted by Crippen LogP contribution is -2.11. The molecule has 0 aromatic carbocycles. The fourth-order valence-corrected chi connectivity index (χ4v) is 0.669. The quantitative estimate of drug-likeness (QED) is 0.413. The topological polar surface area (TPSA) is 44.8 Å². The van der Waals surface area contributed by atoms with Crippen molar-refractivity contribution in [2.75, 3.05) is 39.6 Å². The Hall–Kier alpha value is -0.160. The second-order valence-corrected chi connectivity index (χ2v) is 2.55. The summed E-state index contributed by atoms with van der Waals surface area (Å²) in [5.74, 6) is 0. The largest absolute Gasteiger partial charge is 0.379 e. The molecule has 0 bridgehead atoms. The van der Waals surface area contributed by atoms with Gasteiger partial charge in [0.1, 0.15) is 6.61 Å². The average Bonchev–Trinajstić information content (AvgIpc) is 2.09. The van der Waals surface area contributed by atoms with E-state index in [4.69, 9.17) is 25.8 Å². The van der Waals surface area contributed by atoms with Crippen LogP contribution in [0.4, 0.5) is 0 Å². The third kappa shape index (κ3) is 11.8. The van der Waals surface area contributed by atoms with Gasteiger partial charge in [0, 0.05) is 6.61 Å². The van der Waals surface area contributed by atoms with Crippen molar-refractivity contribution >= 4 is 16.8 Å². The van der Waals surface area contributed by atoms with Crippen molar-refractivity contribution < 1.29 is 19.0 Å². The van der Waals surface area contributed by atoms with Crippen molar-refractivity contribution in [1.29, 1.82) is 0 Å². The van der Waals surface area contributed by atoms with Crippen LogP contribution in [0.15, 0.2) is 0 Å². The second-order valence-electron chi connectivity index (χ2n) is 2.13. The maximum Gasteiger partial charge on any atom is 0.247 e. The van der Waals surface area contributed by atoms with Gasteiger partial charge in [-0.25, -0.2) is 0 Å². The van der Waals surface area contributed by atoms with Crippen molar-refractivity contribution in [3.8, 4) is 0 Å². The van der Waals surface area contributed by atoms with Gasteiger partial charge >= 0.3 is 0 Å². The highest BCUT2D eigenvalue weighted by atomic mass is 35.5. The summed E-state index contributed by atoms with van der Waals surface area (Å²) >= 11 is 5.03. The van der Waals surface area contributed by atoms with Crippen LogP contribution < -0.4 is 0 Å². The summed E-state index contributed by atoms with van der Waals surface area (Å²) in [6.07, 6.45) is 0. The molecule has 77 valence electrons. The standard InChI is InChI=1S/C8H14ClO4/c1-2-11-3-4-12-5-6-13-7-8(9)10/h1-7H2. The minimum atomic E-state index is -0.500. The summed E-state index contributed by atoms with van der Waals surface area (Å²) in [5, 5.41) is -0.500. The molecule has 0 fully saturated rings. The summed E-state index contributed by atoms with van der Waals surface area (Å²) in [6, 6.07) is 0. The third-order valence-corrected chi connectivity index (χ3v) is 1.21. The molecule has 0 aliphatic rings. The summed E-state index contributed by atoms with van der Waals surface area (Å²) < 4.78 is 14.9. The minimum absolute atomic E-state index is 0.0692. The van der Waals surface area contributed by atoms with Crippen LogP contribution in [-0.2, 0) is 19.0 Å². The Labute approximate surface area is 83.1 Å². The molecule has 0 spiro atoms. The number of rotatable bonds is 9. The molecule has 0 heterocycles. The van der Waals surface area contributed by atoms with Gasteiger partial charge in [0.25, 0.3) is 0 Å². The lowest BCUT2D eigenvalue weighted by atomic mass is 10.7. The highest BCUT2D eigenvalue weighted by molar-refractivity contribution is 6.63. The van der Waals surface area contributed by atoms with Crippen molar-refractivity contribution in [2.24, 2.45) is 0 Å². The molecule has 0 amide bonds. The monoisotopic (exact) mass is 209 g/mol. The van der Waals surface area contributed by atoms with Gasteiger partial charge in [-0.2, -0.15) is 0 Å². The maximum atomic E-state index is 10.2. The number of hydrogen-bond donors (Lipinski definition) is 0. The first-order valence-electron chi connectivity index (χ1n) is 3.98. The first kappa shape index (κ1) is 12.8. The number of hydrogen-bond acceptors (Lipinski definition) is 4. The van der Waals surface area contributed by atoms with E-state index < -0.39 is 5.24 Å². The first-order valence-corrected chi connectivity index (χ1v) is 4.36. The first-order chi connectivity index (χ1) is 6.27. The van der Waals surface area contributed by atoms with E-state index in [1.807, 2.05) is 0 Å². The predicted molar refractivity (Wildman–Crippen MR) is 48.7 cm³/mol. The molecule has 0 saturated heterocycles. The maximum absolute atomic E-state index is 10.2. The van der Waals surface area contributed by atoms with Crippen molar-refractivity contribution in [1.82, 2.24) is 0 Å². The van der Waals surface area contributed by atoms with Crippen LogP contribution in [-0.4, -0.2) is 44.9 Å². The molecule has 13 heavy (non-hydrogen) atoms. The van der Waals surface area contributed by atoms with Gasteiger partial charge < -0.3 is 14.2 Å². The van der Waals surface area contributed by atoms with Crippen LogP contribution in [0.1, 0.15) is 0 Å². The molecule has 0 rings (SSSR count). The van der Waals surface area contributed by atoms with Crippen LogP contribution in [0.2, 0.25) is 0 Å². The van der Waals surface area contributed by atoms with E-state index in [9.17, 15) is 4.79 Å². The Balaban J connectivity index is 2.87. The lowest BCUT2D eigenvalue weighted by molar-refractivity contribution is -0.116. The van der Waals surface area contributed by atoms with Crippen LogP contribution in [0.3, 0.4) is 0 Å².